The van der Waals surface area contributed by atoms with E-state index in [2.05, 4.69) is 32.5 Å². The van der Waals surface area contributed by atoms with Gasteiger partial charge in [-0.25, -0.2) is 4.98 Å². The van der Waals surface area contributed by atoms with Crippen LogP contribution in [0.5, 0.6) is 0 Å². The van der Waals surface area contributed by atoms with Gasteiger partial charge in [0, 0.05) is 30.7 Å². The van der Waals surface area contributed by atoms with Gasteiger partial charge in [0.2, 0.25) is 0 Å². The molecule has 0 atom stereocenters. The van der Waals surface area contributed by atoms with Crippen LogP contribution < -0.4 is 10.6 Å². The number of rotatable bonds is 6. The molecule has 0 aromatic carbocycles. The highest BCUT2D eigenvalue weighted by Crippen LogP contribution is 2.12. The van der Waals surface area contributed by atoms with Crippen LogP contribution in [0.3, 0.4) is 0 Å². The second-order valence-electron chi connectivity index (χ2n) is 4.36. The van der Waals surface area contributed by atoms with E-state index in [-0.39, 0.29) is 0 Å². The molecule has 0 spiro atoms. The van der Waals surface area contributed by atoms with Crippen LogP contribution in [0.15, 0.2) is 30.7 Å². The van der Waals surface area contributed by atoms with Crippen molar-refractivity contribution in [3.8, 4) is 0 Å². The van der Waals surface area contributed by atoms with Crippen molar-refractivity contribution in [1.82, 2.24) is 15.0 Å². The number of hydrogen-bond donors (Lipinski definition) is 2. The van der Waals surface area contributed by atoms with Gasteiger partial charge >= 0.3 is 0 Å². The SMILES string of the molecule is CCCNc1cc(NCc2cnc(C)cn2)ccn1. The molecule has 2 rings (SSSR count). The maximum atomic E-state index is 4.31. The first kappa shape index (κ1) is 13.3. The molecule has 0 saturated carbocycles. The maximum absolute atomic E-state index is 4.31. The van der Waals surface area contributed by atoms with Crippen molar-refractivity contribution < 1.29 is 0 Å². The first-order valence-corrected chi connectivity index (χ1v) is 6.49. The van der Waals surface area contributed by atoms with E-state index in [0.717, 1.165) is 35.9 Å². The summed E-state index contributed by atoms with van der Waals surface area (Å²) in [6.45, 7) is 5.65. The van der Waals surface area contributed by atoms with Crippen LogP contribution >= 0.6 is 0 Å². The van der Waals surface area contributed by atoms with Gasteiger partial charge in [-0.15, -0.1) is 0 Å². The standard InChI is InChI=1S/C14H19N5/c1-3-5-15-14-7-12(4-6-16-14)19-10-13-9-17-11(2)8-18-13/h4,6-9H,3,5,10H2,1-2H3,(H2,15,16,19). The van der Waals surface area contributed by atoms with Crippen LogP contribution in [0.25, 0.3) is 0 Å². The van der Waals surface area contributed by atoms with Crippen LogP contribution in [0.1, 0.15) is 24.7 Å². The normalized spacial score (nSPS) is 10.2. The molecule has 0 unspecified atom stereocenters. The second kappa shape index (κ2) is 6.68. The summed E-state index contributed by atoms with van der Waals surface area (Å²) < 4.78 is 0. The van der Waals surface area contributed by atoms with Crippen LogP contribution in [0.2, 0.25) is 0 Å². The summed E-state index contributed by atoms with van der Waals surface area (Å²) in [5.74, 6) is 0.891. The zero-order chi connectivity index (χ0) is 13.5. The van der Waals surface area contributed by atoms with E-state index in [4.69, 9.17) is 0 Å². The third-order valence-corrected chi connectivity index (χ3v) is 2.62. The van der Waals surface area contributed by atoms with Crippen LogP contribution in [0, 0.1) is 6.92 Å². The molecule has 19 heavy (non-hydrogen) atoms. The van der Waals surface area contributed by atoms with Gasteiger partial charge in [0.1, 0.15) is 5.82 Å². The number of aryl methyl sites for hydroxylation is 1. The minimum atomic E-state index is 0.657. The molecule has 0 aliphatic rings. The van der Waals surface area contributed by atoms with Gasteiger partial charge in [-0.1, -0.05) is 6.92 Å². The molecule has 0 amide bonds. The van der Waals surface area contributed by atoms with Crippen molar-refractivity contribution >= 4 is 11.5 Å². The highest BCUT2D eigenvalue weighted by Gasteiger charge is 1.98. The number of pyridine rings is 1. The fourth-order valence-electron chi connectivity index (χ4n) is 1.59. The lowest BCUT2D eigenvalue weighted by Gasteiger charge is -2.08. The minimum absolute atomic E-state index is 0.657. The van der Waals surface area contributed by atoms with Crippen molar-refractivity contribution in [3.05, 3.63) is 42.1 Å². The number of aromatic nitrogens is 3. The molecule has 5 heteroatoms. The molecule has 0 saturated heterocycles. The zero-order valence-electron chi connectivity index (χ0n) is 11.3. The molecular formula is C14H19N5. The summed E-state index contributed by atoms with van der Waals surface area (Å²) >= 11 is 0. The third-order valence-electron chi connectivity index (χ3n) is 2.62. The molecule has 2 N–H and O–H groups in total. The summed E-state index contributed by atoms with van der Waals surface area (Å²) in [7, 11) is 0. The summed E-state index contributed by atoms with van der Waals surface area (Å²) in [5, 5.41) is 6.58. The Morgan fingerprint density at radius 3 is 2.74 bits per heavy atom. The molecule has 100 valence electrons. The number of hydrogen-bond acceptors (Lipinski definition) is 5. The van der Waals surface area contributed by atoms with Gasteiger partial charge in [0.25, 0.3) is 0 Å². The first-order valence-electron chi connectivity index (χ1n) is 6.49. The van der Waals surface area contributed by atoms with Gasteiger partial charge in [-0.2, -0.15) is 0 Å². The second-order valence-corrected chi connectivity index (χ2v) is 4.36. The number of nitrogens with zero attached hydrogens (tertiary/aromatic N) is 3. The van der Waals surface area contributed by atoms with Crippen LogP contribution in [0.4, 0.5) is 11.5 Å². The smallest absolute Gasteiger partial charge is 0.127 e. The highest BCUT2D eigenvalue weighted by molar-refractivity contribution is 5.51. The van der Waals surface area contributed by atoms with E-state index in [1.54, 1.807) is 18.6 Å². The predicted octanol–water partition coefficient (Wildman–Crippen LogP) is 2.61. The van der Waals surface area contributed by atoms with Crippen molar-refractivity contribution in [2.24, 2.45) is 0 Å². The fourth-order valence-corrected chi connectivity index (χ4v) is 1.59. The Bertz CT molecular complexity index is 509. The molecule has 0 radical (unpaired) electrons. The Balaban J connectivity index is 1.93. The van der Waals surface area contributed by atoms with Crippen molar-refractivity contribution in [1.29, 1.82) is 0 Å². The molecule has 2 aromatic heterocycles. The molecular weight excluding hydrogens is 238 g/mol. The van der Waals surface area contributed by atoms with Gasteiger partial charge < -0.3 is 10.6 Å². The Kier molecular flexibility index (Phi) is 4.66. The Morgan fingerprint density at radius 1 is 1.11 bits per heavy atom. The summed E-state index contributed by atoms with van der Waals surface area (Å²) in [5.41, 5.74) is 2.88. The zero-order valence-corrected chi connectivity index (χ0v) is 11.3. The van der Waals surface area contributed by atoms with E-state index in [1.807, 2.05) is 19.1 Å². The number of nitrogens with one attached hydrogen (secondary N) is 2. The summed E-state index contributed by atoms with van der Waals surface area (Å²) in [4.78, 5) is 12.8. The predicted molar refractivity (Wildman–Crippen MR) is 77.1 cm³/mol. The molecule has 0 bridgehead atoms. The highest BCUT2D eigenvalue weighted by atomic mass is 15.0. The average Bonchev–Trinajstić information content (AvgIpc) is 2.45. The van der Waals surface area contributed by atoms with E-state index < -0.39 is 0 Å². The van der Waals surface area contributed by atoms with E-state index >= 15 is 0 Å². The lowest BCUT2D eigenvalue weighted by Crippen LogP contribution is -2.05. The average molecular weight is 257 g/mol. The number of anilines is 2. The van der Waals surface area contributed by atoms with E-state index in [1.165, 1.54) is 0 Å². The van der Waals surface area contributed by atoms with Crippen molar-refractivity contribution in [3.63, 3.8) is 0 Å². The molecule has 2 heterocycles. The summed E-state index contributed by atoms with van der Waals surface area (Å²) in [6.07, 6.45) is 6.44. The first-order chi connectivity index (χ1) is 9.28. The lowest BCUT2D eigenvalue weighted by atomic mass is 10.3. The topological polar surface area (TPSA) is 62.7 Å². The van der Waals surface area contributed by atoms with Gasteiger partial charge in [0.05, 0.1) is 24.1 Å². The largest absolute Gasteiger partial charge is 0.379 e. The van der Waals surface area contributed by atoms with Crippen molar-refractivity contribution in [2.75, 3.05) is 17.2 Å². The Hall–Kier alpha value is -2.17. The summed E-state index contributed by atoms with van der Waals surface area (Å²) in [6, 6.07) is 3.94. The molecule has 5 nitrogen and oxygen atoms in total. The quantitative estimate of drug-likeness (QED) is 0.833. The van der Waals surface area contributed by atoms with Gasteiger partial charge in [-0.05, 0) is 19.4 Å². The lowest BCUT2D eigenvalue weighted by molar-refractivity contribution is 0.966. The molecule has 0 aliphatic heterocycles. The third kappa shape index (κ3) is 4.21. The van der Waals surface area contributed by atoms with Gasteiger partial charge in [-0.3, -0.25) is 9.97 Å². The monoisotopic (exact) mass is 257 g/mol. The fraction of sp³-hybridized carbons (Fsp3) is 0.357. The van der Waals surface area contributed by atoms with E-state index in [0.29, 0.717) is 6.54 Å². The maximum Gasteiger partial charge on any atom is 0.127 e. The van der Waals surface area contributed by atoms with Crippen LogP contribution in [-0.4, -0.2) is 21.5 Å². The molecule has 0 fully saturated rings. The minimum Gasteiger partial charge on any atom is -0.379 e. The molecule has 2 aromatic rings. The van der Waals surface area contributed by atoms with Crippen LogP contribution in [-0.2, 0) is 6.54 Å². The van der Waals surface area contributed by atoms with Gasteiger partial charge in [0.15, 0.2) is 0 Å². The van der Waals surface area contributed by atoms with E-state index in [9.17, 15) is 0 Å². The van der Waals surface area contributed by atoms with Crippen molar-refractivity contribution in [2.45, 2.75) is 26.8 Å². The Labute approximate surface area is 113 Å². The molecule has 0 aliphatic carbocycles. The Morgan fingerprint density at radius 2 is 2.00 bits per heavy atom.